The maximum atomic E-state index is 12.7. The molecule has 0 atom stereocenters. The highest BCUT2D eigenvalue weighted by atomic mass is 32.2. The van der Waals surface area contributed by atoms with Crippen LogP contribution in [0, 0.1) is 0 Å². The zero-order valence-corrected chi connectivity index (χ0v) is 20.7. The molecule has 0 bridgehead atoms. The Labute approximate surface area is 218 Å². The van der Waals surface area contributed by atoms with E-state index < -0.39 is 15.0 Å². The van der Waals surface area contributed by atoms with Crippen molar-refractivity contribution in [3.8, 4) is 5.75 Å². The van der Waals surface area contributed by atoms with E-state index in [-0.39, 0.29) is 35.0 Å². The number of aromatic hydroxyl groups is 1. The van der Waals surface area contributed by atoms with Crippen LogP contribution in [0.3, 0.4) is 0 Å². The van der Waals surface area contributed by atoms with Crippen LogP contribution < -0.4 is 11.1 Å². The number of phenolic OH excluding ortho intramolecular Hbond substituents is 1. The van der Waals surface area contributed by atoms with Crippen LogP contribution in [0.25, 0.3) is 21.5 Å². The zero-order valence-electron chi connectivity index (χ0n) is 19.9. The first kappa shape index (κ1) is 25.0. The number of amides is 1. The summed E-state index contributed by atoms with van der Waals surface area (Å²) in [7, 11) is -4.69. The Bertz CT molecular complexity index is 1840. The van der Waals surface area contributed by atoms with Gasteiger partial charge in [-0.1, -0.05) is 60.7 Å². The Kier molecular flexibility index (Phi) is 6.60. The molecule has 0 aliphatic heterocycles. The van der Waals surface area contributed by atoms with E-state index in [1.165, 1.54) is 12.1 Å². The molecule has 0 radical (unpaired) electrons. The average molecular weight is 527 g/mol. The van der Waals surface area contributed by atoms with Gasteiger partial charge in [0.25, 0.3) is 16.0 Å². The minimum Gasteiger partial charge on any atom is -0.505 e. The molecule has 0 spiro atoms. The molecule has 0 aromatic heterocycles. The van der Waals surface area contributed by atoms with Gasteiger partial charge in [0.1, 0.15) is 16.3 Å². The van der Waals surface area contributed by atoms with Gasteiger partial charge in [0.2, 0.25) is 0 Å². The fourth-order valence-corrected chi connectivity index (χ4v) is 5.17. The standard InChI is InChI=1S/C28H22N4O5S/c29-16-19-9-4-10-21-20(19)13-15-24(27(21)38(35,36)37)32-31-23-14-12-17-8-5-11-22(25(17)26(23)33)30-28(34)18-6-2-1-3-7-18/h1-15,33H,16,29H2,(H,30,34)(H,35,36,37). The lowest BCUT2D eigenvalue weighted by atomic mass is 10.0. The van der Waals surface area contributed by atoms with Crippen molar-refractivity contribution in [1.82, 2.24) is 0 Å². The second kappa shape index (κ2) is 10.0. The van der Waals surface area contributed by atoms with Gasteiger partial charge in [-0.2, -0.15) is 8.42 Å². The average Bonchev–Trinajstić information content (AvgIpc) is 2.91. The number of carbonyl (C=O) groups is 1. The van der Waals surface area contributed by atoms with Crippen LogP contribution in [-0.4, -0.2) is 24.0 Å². The number of carbonyl (C=O) groups excluding carboxylic acids is 1. The smallest absolute Gasteiger partial charge is 0.297 e. The van der Waals surface area contributed by atoms with Crippen molar-refractivity contribution >= 4 is 54.6 Å². The van der Waals surface area contributed by atoms with Crippen LogP contribution >= 0.6 is 0 Å². The molecule has 5 aromatic rings. The summed E-state index contributed by atoms with van der Waals surface area (Å²) in [5.41, 5.74) is 7.22. The molecule has 0 saturated carbocycles. The number of phenols is 1. The van der Waals surface area contributed by atoms with Crippen LogP contribution in [0.4, 0.5) is 17.1 Å². The fraction of sp³-hybridized carbons (Fsp3) is 0.0357. The molecule has 1 amide bonds. The number of hydrogen-bond acceptors (Lipinski definition) is 7. The third-order valence-corrected chi connectivity index (χ3v) is 7.05. The second-order valence-corrected chi connectivity index (χ2v) is 9.82. The zero-order chi connectivity index (χ0) is 26.9. The van der Waals surface area contributed by atoms with E-state index in [0.29, 0.717) is 33.0 Å². The van der Waals surface area contributed by atoms with Crippen molar-refractivity contribution in [2.45, 2.75) is 11.4 Å². The maximum absolute atomic E-state index is 12.7. The number of rotatable bonds is 6. The van der Waals surface area contributed by atoms with Gasteiger partial charge in [0, 0.05) is 22.9 Å². The van der Waals surface area contributed by atoms with Gasteiger partial charge in [-0.05, 0) is 46.7 Å². The lowest BCUT2D eigenvalue weighted by Gasteiger charge is -2.12. The molecule has 38 heavy (non-hydrogen) atoms. The number of nitrogens with zero attached hydrogens (tertiary/aromatic N) is 2. The Morgan fingerprint density at radius 2 is 1.53 bits per heavy atom. The Hall–Kier alpha value is -4.64. The van der Waals surface area contributed by atoms with Gasteiger partial charge in [-0.3, -0.25) is 9.35 Å². The first-order valence-corrected chi connectivity index (χ1v) is 13.0. The van der Waals surface area contributed by atoms with Gasteiger partial charge >= 0.3 is 0 Å². The number of anilines is 1. The van der Waals surface area contributed by atoms with Gasteiger partial charge in [0.15, 0.2) is 5.75 Å². The summed E-state index contributed by atoms with van der Waals surface area (Å²) >= 11 is 0. The summed E-state index contributed by atoms with van der Waals surface area (Å²) in [6.45, 7) is 0.178. The van der Waals surface area contributed by atoms with Gasteiger partial charge in [-0.25, -0.2) is 0 Å². The third kappa shape index (κ3) is 4.71. The van der Waals surface area contributed by atoms with E-state index in [2.05, 4.69) is 15.5 Å². The summed E-state index contributed by atoms with van der Waals surface area (Å²) < 4.78 is 34.6. The number of azo groups is 1. The molecule has 0 unspecified atom stereocenters. The Balaban J connectivity index is 1.59. The van der Waals surface area contributed by atoms with Gasteiger partial charge in [-0.15, -0.1) is 10.2 Å². The number of nitrogens with one attached hydrogen (secondary N) is 1. The quantitative estimate of drug-likeness (QED) is 0.155. The Morgan fingerprint density at radius 3 is 2.26 bits per heavy atom. The SMILES string of the molecule is NCc1cccc2c(S(=O)(=O)O)c(N=Nc3ccc4cccc(NC(=O)c5ccccc5)c4c3O)ccc12. The first-order valence-electron chi connectivity index (χ1n) is 11.5. The monoisotopic (exact) mass is 526 g/mol. The summed E-state index contributed by atoms with van der Waals surface area (Å²) in [5, 5.41) is 23.8. The van der Waals surface area contributed by atoms with E-state index in [1.807, 2.05) is 0 Å². The predicted octanol–water partition coefficient (Wildman–Crippen LogP) is 6.07. The molecular formula is C28H22N4O5S. The number of nitrogens with two attached hydrogens (primary N) is 1. The molecule has 5 rings (SSSR count). The van der Waals surface area contributed by atoms with Crippen LogP contribution in [0.2, 0.25) is 0 Å². The van der Waals surface area contributed by atoms with Crippen molar-refractivity contribution in [2.24, 2.45) is 16.0 Å². The lowest BCUT2D eigenvalue weighted by molar-refractivity contribution is 0.102. The fourth-order valence-electron chi connectivity index (χ4n) is 4.34. The van der Waals surface area contributed by atoms with Crippen LogP contribution in [0.15, 0.2) is 106 Å². The van der Waals surface area contributed by atoms with E-state index in [1.54, 1.807) is 78.9 Å². The largest absolute Gasteiger partial charge is 0.505 e. The number of hydrogen-bond donors (Lipinski definition) is 4. The number of benzene rings is 5. The summed E-state index contributed by atoms with van der Waals surface area (Å²) in [5.74, 6) is -0.606. The highest BCUT2D eigenvalue weighted by molar-refractivity contribution is 7.86. The minimum atomic E-state index is -4.69. The normalized spacial score (nSPS) is 11.8. The van der Waals surface area contributed by atoms with Crippen molar-refractivity contribution in [1.29, 1.82) is 0 Å². The topological polar surface area (TPSA) is 154 Å². The van der Waals surface area contributed by atoms with E-state index >= 15 is 0 Å². The third-order valence-electron chi connectivity index (χ3n) is 6.11. The van der Waals surface area contributed by atoms with Gasteiger partial charge in [0.05, 0.1) is 5.69 Å². The molecule has 0 heterocycles. The van der Waals surface area contributed by atoms with E-state index in [9.17, 15) is 22.9 Å². The maximum Gasteiger partial charge on any atom is 0.297 e. The van der Waals surface area contributed by atoms with Crippen molar-refractivity contribution < 1.29 is 22.9 Å². The second-order valence-electron chi connectivity index (χ2n) is 8.46. The lowest BCUT2D eigenvalue weighted by Crippen LogP contribution is -2.11. The molecule has 0 aliphatic carbocycles. The van der Waals surface area contributed by atoms with Crippen molar-refractivity contribution in [2.75, 3.05) is 5.32 Å². The predicted molar refractivity (Wildman–Crippen MR) is 146 cm³/mol. The van der Waals surface area contributed by atoms with Crippen LogP contribution in [0.5, 0.6) is 5.75 Å². The molecule has 0 fully saturated rings. The van der Waals surface area contributed by atoms with Gasteiger partial charge < -0.3 is 16.2 Å². The molecule has 0 saturated heterocycles. The summed E-state index contributed by atoms with van der Waals surface area (Å²) in [6.07, 6.45) is 0. The number of fused-ring (bicyclic) bond motifs is 2. The summed E-state index contributed by atoms with van der Waals surface area (Å²) in [4.78, 5) is 12.3. The minimum absolute atomic E-state index is 0.0380. The Morgan fingerprint density at radius 1 is 0.816 bits per heavy atom. The molecule has 9 nitrogen and oxygen atoms in total. The van der Waals surface area contributed by atoms with Crippen LogP contribution in [0.1, 0.15) is 15.9 Å². The molecular weight excluding hydrogens is 504 g/mol. The molecule has 5 aromatic carbocycles. The molecule has 5 N–H and O–H groups in total. The molecule has 0 aliphatic rings. The van der Waals surface area contributed by atoms with Crippen LogP contribution in [-0.2, 0) is 16.7 Å². The van der Waals surface area contributed by atoms with Crippen molar-refractivity contribution in [3.05, 3.63) is 102 Å². The molecule has 190 valence electrons. The molecule has 10 heteroatoms. The van der Waals surface area contributed by atoms with Crippen molar-refractivity contribution in [3.63, 3.8) is 0 Å². The highest BCUT2D eigenvalue weighted by Crippen LogP contribution is 2.41. The first-order chi connectivity index (χ1) is 18.3. The van der Waals surface area contributed by atoms with E-state index in [0.717, 1.165) is 0 Å². The highest BCUT2D eigenvalue weighted by Gasteiger charge is 2.21. The van der Waals surface area contributed by atoms with E-state index in [4.69, 9.17) is 5.73 Å². The summed E-state index contributed by atoms with van der Waals surface area (Å²) in [6, 6.07) is 25.0.